The van der Waals surface area contributed by atoms with Crippen molar-refractivity contribution in [1.82, 2.24) is 15.1 Å². The van der Waals surface area contributed by atoms with Crippen molar-refractivity contribution < 1.29 is 0 Å². The van der Waals surface area contributed by atoms with Crippen LogP contribution in [0, 0.1) is 5.92 Å². The third-order valence-electron chi connectivity index (χ3n) is 5.36. The largest absolute Gasteiger partial charge is 0.310 e. The summed E-state index contributed by atoms with van der Waals surface area (Å²) < 4.78 is 0. The first-order valence-corrected chi connectivity index (χ1v) is 8.41. The molecule has 1 atom stereocenters. The number of nitrogens with one attached hydrogen (secondary N) is 1. The Labute approximate surface area is 119 Å². The maximum atomic E-state index is 3.82. The highest BCUT2D eigenvalue weighted by molar-refractivity contribution is 4.92. The molecule has 0 bridgehead atoms. The molecule has 2 saturated heterocycles. The molecule has 2 fully saturated rings. The van der Waals surface area contributed by atoms with Gasteiger partial charge in [-0.15, -0.1) is 0 Å². The van der Waals surface area contributed by atoms with E-state index < -0.39 is 0 Å². The summed E-state index contributed by atoms with van der Waals surface area (Å²) in [6.45, 7) is 15.9. The van der Waals surface area contributed by atoms with Crippen LogP contribution in [0.1, 0.15) is 46.5 Å². The van der Waals surface area contributed by atoms with Crippen molar-refractivity contribution in [2.24, 2.45) is 5.92 Å². The quantitative estimate of drug-likeness (QED) is 0.824. The van der Waals surface area contributed by atoms with Gasteiger partial charge in [0.05, 0.1) is 0 Å². The molecule has 2 heterocycles. The Balaban J connectivity index is 1.88. The van der Waals surface area contributed by atoms with Crippen molar-refractivity contribution in [2.45, 2.75) is 52.0 Å². The molecular weight excluding hydrogens is 234 g/mol. The van der Waals surface area contributed by atoms with E-state index >= 15 is 0 Å². The zero-order valence-electron chi connectivity index (χ0n) is 13.2. The number of rotatable bonds is 5. The van der Waals surface area contributed by atoms with Crippen molar-refractivity contribution in [3.63, 3.8) is 0 Å². The van der Waals surface area contributed by atoms with Gasteiger partial charge in [0.1, 0.15) is 0 Å². The first-order chi connectivity index (χ1) is 9.21. The van der Waals surface area contributed by atoms with Crippen LogP contribution >= 0.6 is 0 Å². The lowest BCUT2D eigenvalue weighted by molar-refractivity contribution is 0.174. The summed E-state index contributed by atoms with van der Waals surface area (Å²) >= 11 is 0. The van der Waals surface area contributed by atoms with Crippen LogP contribution in [0.15, 0.2) is 0 Å². The van der Waals surface area contributed by atoms with Crippen molar-refractivity contribution in [2.75, 3.05) is 45.8 Å². The fourth-order valence-electron chi connectivity index (χ4n) is 3.81. The predicted octanol–water partition coefficient (Wildman–Crippen LogP) is 2.18. The molecule has 1 N–H and O–H groups in total. The summed E-state index contributed by atoms with van der Waals surface area (Å²) in [6.07, 6.45) is 5.23. The van der Waals surface area contributed by atoms with Gasteiger partial charge in [-0.25, -0.2) is 0 Å². The molecular formula is C16H33N3. The minimum Gasteiger partial charge on any atom is -0.310 e. The summed E-state index contributed by atoms with van der Waals surface area (Å²) in [5.74, 6) is 0.907. The molecule has 0 saturated carbocycles. The molecule has 19 heavy (non-hydrogen) atoms. The smallest absolute Gasteiger partial charge is 0.0303 e. The molecule has 2 aliphatic rings. The number of hydrogen-bond donors (Lipinski definition) is 1. The minimum atomic E-state index is 0.375. The average Bonchev–Trinajstić information content (AvgIpc) is 2.79. The van der Waals surface area contributed by atoms with Gasteiger partial charge in [0.2, 0.25) is 0 Å². The van der Waals surface area contributed by atoms with Crippen molar-refractivity contribution >= 4 is 0 Å². The van der Waals surface area contributed by atoms with Crippen LogP contribution in [0.4, 0.5) is 0 Å². The van der Waals surface area contributed by atoms with Crippen LogP contribution in [0.25, 0.3) is 0 Å². The van der Waals surface area contributed by atoms with E-state index in [4.69, 9.17) is 0 Å². The molecule has 0 radical (unpaired) electrons. The van der Waals surface area contributed by atoms with Gasteiger partial charge in [-0.3, -0.25) is 0 Å². The highest BCUT2D eigenvalue weighted by atomic mass is 15.2. The molecule has 0 aromatic carbocycles. The molecule has 2 aliphatic heterocycles. The Bertz CT molecular complexity index is 263. The standard InChI is InChI=1S/C16H33N3/c1-4-16(5-2)14-19(10-7-9-17-16)13-15-8-11-18(6-3)12-15/h15,17H,4-14H2,1-3H3. The van der Waals surface area contributed by atoms with Crippen LogP contribution < -0.4 is 5.32 Å². The minimum absolute atomic E-state index is 0.375. The fraction of sp³-hybridized carbons (Fsp3) is 1.00. The second-order valence-electron chi connectivity index (χ2n) is 6.55. The van der Waals surface area contributed by atoms with E-state index in [2.05, 4.69) is 35.9 Å². The van der Waals surface area contributed by atoms with Crippen molar-refractivity contribution in [3.8, 4) is 0 Å². The average molecular weight is 267 g/mol. The number of hydrogen-bond acceptors (Lipinski definition) is 3. The van der Waals surface area contributed by atoms with Gasteiger partial charge in [-0.1, -0.05) is 20.8 Å². The van der Waals surface area contributed by atoms with Crippen LogP contribution in [0.3, 0.4) is 0 Å². The highest BCUT2D eigenvalue weighted by Gasteiger charge is 2.32. The first kappa shape index (κ1) is 15.3. The number of nitrogens with zero attached hydrogens (tertiary/aromatic N) is 2. The molecule has 0 aromatic heterocycles. The van der Waals surface area contributed by atoms with E-state index in [0.29, 0.717) is 5.54 Å². The second kappa shape index (κ2) is 7.05. The SMILES string of the molecule is CCN1CCC(CN2CCCNC(CC)(CC)C2)C1. The summed E-state index contributed by atoms with van der Waals surface area (Å²) in [7, 11) is 0. The molecule has 2 rings (SSSR count). The van der Waals surface area contributed by atoms with E-state index in [1.54, 1.807) is 0 Å². The third kappa shape index (κ3) is 3.93. The Morgan fingerprint density at radius 1 is 1.11 bits per heavy atom. The monoisotopic (exact) mass is 267 g/mol. The lowest BCUT2D eigenvalue weighted by Crippen LogP contribution is -2.51. The summed E-state index contributed by atoms with van der Waals surface area (Å²) in [6, 6.07) is 0. The van der Waals surface area contributed by atoms with Gasteiger partial charge >= 0.3 is 0 Å². The van der Waals surface area contributed by atoms with Crippen molar-refractivity contribution in [3.05, 3.63) is 0 Å². The van der Waals surface area contributed by atoms with Crippen LogP contribution in [-0.4, -0.2) is 61.2 Å². The molecule has 3 nitrogen and oxygen atoms in total. The third-order valence-corrected chi connectivity index (χ3v) is 5.36. The highest BCUT2D eigenvalue weighted by Crippen LogP contribution is 2.23. The zero-order chi connectivity index (χ0) is 13.7. The lowest BCUT2D eigenvalue weighted by Gasteiger charge is -2.36. The lowest BCUT2D eigenvalue weighted by atomic mass is 9.92. The van der Waals surface area contributed by atoms with Crippen molar-refractivity contribution in [1.29, 1.82) is 0 Å². The molecule has 3 heteroatoms. The van der Waals surface area contributed by atoms with Gasteiger partial charge in [-0.2, -0.15) is 0 Å². The Kier molecular flexibility index (Phi) is 5.67. The maximum Gasteiger partial charge on any atom is 0.0303 e. The molecule has 112 valence electrons. The molecule has 0 aliphatic carbocycles. The second-order valence-corrected chi connectivity index (χ2v) is 6.55. The molecule has 0 spiro atoms. The molecule has 1 unspecified atom stereocenters. The summed E-state index contributed by atoms with van der Waals surface area (Å²) in [4.78, 5) is 5.35. The first-order valence-electron chi connectivity index (χ1n) is 8.41. The topological polar surface area (TPSA) is 18.5 Å². The number of likely N-dealkylation sites (tertiary alicyclic amines) is 1. The Hall–Kier alpha value is -0.120. The van der Waals surface area contributed by atoms with Crippen LogP contribution in [0.2, 0.25) is 0 Å². The summed E-state index contributed by atoms with van der Waals surface area (Å²) in [5, 5.41) is 3.82. The molecule has 0 amide bonds. The van der Waals surface area contributed by atoms with Gasteiger partial charge in [0.25, 0.3) is 0 Å². The molecule has 0 aromatic rings. The fourth-order valence-corrected chi connectivity index (χ4v) is 3.81. The van der Waals surface area contributed by atoms with Crippen LogP contribution in [0.5, 0.6) is 0 Å². The van der Waals surface area contributed by atoms with E-state index in [0.717, 1.165) is 5.92 Å². The summed E-state index contributed by atoms with van der Waals surface area (Å²) in [5.41, 5.74) is 0.375. The van der Waals surface area contributed by atoms with E-state index in [-0.39, 0.29) is 0 Å². The van der Waals surface area contributed by atoms with E-state index in [1.165, 1.54) is 71.5 Å². The normalized spacial score (nSPS) is 29.5. The van der Waals surface area contributed by atoms with Crippen LogP contribution in [-0.2, 0) is 0 Å². The Morgan fingerprint density at radius 3 is 2.53 bits per heavy atom. The zero-order valence-corrected chi connectivity index (χ0v) is 13.2. The predicted molar refractivity (Wildman–Crippen MR) is 82.6 cm³/mol. The maximum absolute atomic E-state index is 3.82. The van der Waals surface area contributed by atoms with E-state index in [1.807, 2.05) is 0 Å². The van der Waals surface area contributed by atoms with Gasteiger partial charge < -0.3 is 15.1 Å². The van der Waals surface area contributed by atoms with E-state index in [9.17, 15) is 0 Å². The van der Waals surface area contributed by atoms with Gasteiger partial charge in [0, 0.05) is 25.2 Å². The van der Waals surface area contributed by atoms with Gasteiger partial charge in [-0.05, 0) is 57.8 Å². The van der Waals surface area contributed by atoms with Gasteiger partial charge in [0.15, 0.2) is 0 Å². The Morgan fingerprint density at radius 2 is 1.89 bits per heavy atom.